The van der Waals surface area contributed by atoms with Gasteiger partial charge in [-0.15, -0.1) is 12.4 Å². The first kappa shape index (κ1) is 9.79. The standard InChI is InChI=1S/C11H19N.ClH/c12-11-6-9-2-7-1-8(3-9)5-10(11)4-7;/h7-11H,1-6,12H2;1H. The van der Waals surface area contributed by atoms with Gasteiger partial charge < -0.3 is 5.73 Å². The van der Waals surface area contributed by atoms with E-state index in [0.717, 1.165) is 23.7 Å². The number of fused-ring (bicyclic) bond motifs is 1. The number of rotatable bonds is 0. The fourth-order valence-corrected chi connectivity index (χ4v) is 4.16. The molecule has 3 atom stereocenters. The first-order valence-corrected chi connectivity index (χ1v) is 5.57. The van der Waals surface area contributed by atoms with Crippen LogP contribution in [0.3, 0.4) is 0 Å². The Labute approximate surface area is 86.9 Å². The normalized spacial score (nSPS) is 52.8. The maximum absolute atomic E-state index is 6.20. The Morgan fingerprint density at radius 3 is 1.69 bits per heavy atom. The van der Waals surface area contributed by atoms with Gasteiger partial charge in [0, 0.05) is 6.04 Å². The quantitative estimate of drug-likeness (QED) is 0.641. The molecule has 0 heterocycles. The predicted octanol–water partition coefficient (Wildman–Crippen LogP) is 2.58. The van der Waals surface area contributed by atoms with Crippen molar-refractivity contribution in [1.29, 1.82) is 0 Å². The van der Waals surface area contributed by atoms with Gasteiger partial charge in [-0.1, -0.05) is 0 Å². The molecule has 0 aromatic carbocycles. The van der Waals surface area contributed by atoms with Crippen LogP contribution in [0.2, 0.25) is 0 Å². The van der Waals surface area contributed by atoms with Crippen molar-refractivity contribution in [3.8, 4) is 0 Å². The Balaban J connectivity index is 0.000000653. The van der Waals surface area contributed by atoms with Crippen molar-refractivity contribution in [2.45, 2.75) is 44.6 Å². The maximum Gasteiger partial charge on any atom is 0.00700 e. The molecular weight excluding hydrogens is 182 g/mol. The van der Waals surface area contributed by atoms with Crippen LogP contribution in [0.4, 0.5) is 0 Å². The fourth-order valence-electron chi connectivity index (χ4n) is 4.16. The average Bonchev–Trinajstić information content (AvgIpc) is 2.16. The second kappa shape index (κ2) is 3.43. The molecule has 3 unspecified atom stereocenters. The van der Waals surface area contributed by atoms with Crippen LogP contribution in [0.15, 0.2) is 0 Å². The Hall–Kier alpha value is 0.250. The third-order valence-corrected chi connectivity index (χ3v) is 4.48. The van der Waals surface area contributed by atoms with Gasteiger partial charge in [0.05, 0.1) is 0 Å². The number of nitrogens with two attached hydrogens (primary N) is 1. The molecule has 1 nitrogen and oxygen atoms in total. The summed E-state index contributed by atoms with van der Waals surface area (Å²) in [6.45, 7) is 0. The minimum absolute atomic E-state index is 0. The molecule has 2 heteroatoms. The molecule has 0 saturated heterocycles. The van der Waals surface area contributed by atoms with E-state index in [-0.39, 0.29) is 12.4 Å². The third kappa shape index (κ3) is 1.61. The molecule has 13 heavy (non-hydrogen) atoms. The van der Waals surface area contributed by atoms with Gasteiger partial charge in [0.2, 0.25) is 0 Å². The van der Waals surface area contributed by atoms with Crippen molar-refractivity contribution >= 4 is 12.4 Å². The van der Waals surface area contributed by atoms with Crippen LogP contribution in [0.25, 0.3) is 0 Å². The molecule has 2 N–H and O–H groups in total. The summed E-state index contributed by atoms with van der Waals surface area (Å²) in [5, 5.41) is 0. The van der Waals surface area contributed by atoms with Gasteiger partial charge in [-0.2, -0.15) is 0 Å². The third-order valence-electron chi connectivity index (χ3n) is 4.48. The van der Waals surface area contributed by atoms with Crippen molar-refractivity contribution in [1.82, 2.24) is 0 Å². The first-order valence-electron chi connectivity index (χ1n) is 5.57. The van der Waals surface area contributed by atoms with E-state index in [2.05, 4.69) is 0 Å². The molecule has 76 valence electrons. The van der Waals surface area contributed by atoms with E-state index in [1.165, 1.54) is 32.1 Å². The lowest BCUT2D eigenvalue weighted by atomic mass is 9.67. The Bertz CT molecular complexity index is 181. The molecule has 4 aliphatic carbocycles. The maximum atomic E-state index is 6.20. The molecule has 0 spiro atoms. The molecule has 4 rings (SSSR count). The van der Waals surface area contributed by atoms with Gasteiger partial charge >= 0.3 is 0 Å². The highest BCUT2D eigenvalue weighted by atomic mass is 35.5. The first-order chi connectivity index (χ1) is 5.81. The summed E-state index contributed by atoms with van der Waals surface area (Å²) in [7, 11) is 0. The smallest absolute Gasteiger partial charge is 0.00700 e. The lowest BCUT2D eigenvalue weighted by Crippen LogP contribution is -2.33. The van der Waals surface area contributed by atoms with Crippen LogP contribution in [0.1, 0.15) is 38.5 Å². The highest BCUT2D eigenvalue weighted by Gasteiger charge is 2.42. The van der Waals surface area contributed by atoms with Crippen LogP contribution < -0.4 is 5.73 Å². The molecular formula is C11H20ClN. The molecule has 0 aromatic heterocycles. The molecule has 0 aromatic rings. The Morgan fingerprint density at radius 2 is 1.15 bits per heavy atom. The van der Waals surface area contributed by atoms with Gasteiger partial charge in [0.25, 0.3) is 0 Å². The number of halogens is 1. The van der Waals surface area contributed by atoms with Gasteiger partial charge in [-0.05, 0) is 62.2 Å². The van der Waals surface area contributed by atoms with Crippen LogP contribution in [-0.2, 0) is 0 Å². The van der Waals surface area contributed by atoms with Crippen molar-refractivity contribution in [3.63, 3.8) is 0 Å². The summed E-state index contributed by atoms with van der Waals surface area (Å²) >= 11 is 0. The molecule has 4 aliphatic rings. The van der Waals surface area contributed by atoms with Crippen molar-refractivity contribution in [2.75, 3.05) is 0 Å². The van der Waals surface area contributed by atoms with Crippen LogP contribution in [-0.4, -0.2) is 6.04 Å². The second-order valence-electron chi connectivity index (χ2n) is 5.44. The Kier molecular flexibility index (Phi) is 2.59. The van der Waals surface area contributed by atoms with Gasteiger partial charge in [0.15, 0.2) is 0 Å². The van der Waals surface area contributed by atoms with Gasteiger partial charge in [-0.3, -0.25) is 0 Å². The zero-order valence-electron chi connectivity index (χ0n) is 8.11. The van der Waals surface area contributed by atoms with E-state index in [9.17, 15) is 0 Å². The molecule has 0 amide bonds. The number of hydrogen-bond donors (Lipinski definition) is 1. The van der Waals surface area contributed by atoms with Gasteiger partial charge in [-0.25, -0.2) is 0 Å². The predicted molar refractivity (Wildman–Crippen MR) is 56.9 cm³/mol. The molecule has 0 aliphatic heterocycles. The average molecular weight is 202 g/mol. The molecule has 4 fully saturated rings. The van der Waals surface area contributed by atoms with Crippen LogP contribution in [0.5, 0.6) is 0 Å². The van der Waals surface area contributed by atoms with E-state index in [1.807, 2.05) is 0 Å². The summed E-state index contributed by atoms with van der Waals surface area (Å²) in [6, 6.07) is 0.560. The summed E-state index contributed by atoms with van der Waals surface area (Å²) in [5.41, 5.74) is 6.20. The van der Waals surface area contributed by atoms with Gasteiger partial charge in [0.1, 0.15) is 0 Å². The monoisotopic (exact) mass is 201 g/mol. The zero-order valence-corrected chi connectivity index (χ0v) is 8.93. The van der Waals surface area contributed by atoms with E-state index in [0.29, 0.717) is 6.04 Å². The minimum Gasteiger partial charge on any atom is -0.327 e. The summed E-state index contributed by atoms with van der Waals surface area (Å²) in [6.07, 6.45) is 8.85. The summed E-state index contributed by atoms with van der Waals surface area (Å²) in [4.78, 5) is 0. The van der Waals surface area contributed by atoms with E-state index >= 15 is 0 Å². The Morgan fingerprint density at radius 1 is 0.692 bits per heavy atom. The SMILES string of the molecule is Cl.NC1CC2CC3CC(C2)CC1C3. The lowest BCUT2D eigenvalue weighted by Gasteiger charge is -2.38. The molecule has 4 bridgehead atoms. The van der Waals surface area contributed by atoms with Crippen molar-refractivity contribution in [3.05, 3.63) is 0 Å². The van der Waals surface area contributed by atoms with Crippen LogP contribution >= 0.6 is 12.4 Å². The number of hydrogen-bond acceptors (Lipinski definition) is 1. The van der Waals surface area contributed by atoms with E-state index in [1.54, 1.807) is 6.42 Å². The largest absolute Gasteiger partial charge is 0.327 e. The lowest BCUT2D eigenvalue weighted by molar-refractivity contribution is 0.131. The topological polar surface area (TPSA) is 26.0 Å². The summed E-state index contributed by atoms with van der Waals surface area (Å²) < 4.78 is 0. The molecule has 4 saturated carbocycles. The zero-order chi connectivity index (χ0) is 8.13. The fraction of sp³-hybridized carbons (Fsp3) is 1.00. The van der Waals surface area contributed by atoms with Crippen LogP contribution in [0, 0.1) is 23.7 Å². The second-order valence-corrected chi connectivity index (χ2v) is 5.44. The van der Waals surface area contributed by atoms with Crippen molar-refractivity contribution in [2.24, 2.45) is 29.4 Å². The van der Waals surface area contributed by atoms with E-state index < -0.39 is 0 Å². The summed E-state index contributed by atoms with van der Waals surface area (Å²) in [5.74, 6) is 4.06. The highest BCUT2D eigenvalue weighted by Crippen LogP contribution is 2.50. The van der Waals surface area contributed by atoms with E-state index in [4.69, 9.17) is 5.73 Å². The molecule has 0 radical (unpaired) electrons. The highest BCUT2D eigenvalue weighted by molar-refractivity contribution is 5.85. The van der Waals surface area contributed by atoms with Crippen molar-refractivity contribution < 1.29 is 0 Å². The minimum atomic E-state index is 0.